The SMILES string of the molecule is CC1CCc2cc(CC(C)(C)C)ccc21. The van der Waals surface area contributed by atoms with Crippen molar-refractivity contribution < 1.29 is 0 Å². The summed E-state index contributed by atoms with van der Waals surface area (Å²) in [6, 6.07) is 7.12. The highest BCUT2D eigenvalue weighted by molar-refractivity contribution is 5.38. The van der Waals surface area contributed by atoms with Gasteiger partial charge in [-0.2, -0.15) is 0 Å². The summed E-state index contributed by atoms with van der Waals surface area (Å²) in [6.45, 7) is 9.27. The van der Waals surface area contributed by atoms with Gasteiger partial charge in [0.05, 0.1) is 0 Å². The lowest BCUT2D eigenvalue weighted by Gasteiger charge is -2.18. The first-order valence-corrected chi connectivity index (χ1v) is 6.07. The second kappa shape index (κ2) is 3.66. The molecule has 0 N–H and O–H groups in total. The fourth-order valence-corrected chi connectivity index (χ4v) is 2.61. The van der Waals surface area contributed by atoms with Crippen LogP contribution in [0.2, 0.25) is 0 Å². The van der Waals surface area contributed by atoms with Crippen LogP contribution in [0.3, 0.4) is 0 Å². The maximum absolute atomic E-state index is 2.43. The lowest BCUT2D eigenvalue weighted by molar-refractivity contribution is 0.411. The van der Waals surface area contributed by atoms with Crippen LogP contribution < -0.4 is 0 Å². The van der Waals surface area contributed by atoms with Crippen LogP contribution in [0, 0.1) is 5.41 Å². The predicted molar refractivity (Wildman–Crippen MR) is 66.3 cm³/mol. The molecule has 0 radical (unpaired) electrons. The highest BCUT2D eigenvalue weighted by Gasteiger charge is 2.19. The summed E-state index contributed by atoms with van der Waals surface area (Å²) in [6.07, 6.45) is 3.82. The van der Waals surface area contributed by atoms with Crippen molar-refractivity contribution in [3.8, 4) is 0 Å². The zero-order valence-electron chi connectivity index (χ0n) is 10.4. The fourth-order valence-electron chi connectivity index (χ4n) is 2.61. The third kappa shape index (κ3) is 2.42. The van der Waals surface area contributed by atoms with Gasteiger partial charge in [-0.15, -0.1) is 0 Å². The van der Waals surface area contributed by atoms with Gasteiger partial charge in [-0.25, -0.2) is 0 Å². The van der Waals surface area contributed by atoms with Crippen LogP contribution in [0.5, 0.6) is 0 Å². The molecule has 15 heavy (non-hydrogen) atoms. The van der Waals surface area contributed by atoms with E-state index in [4.69, 9.17) is 0 Å². The summed E-state index contributed by atoms with van der Waals surface area (Å²) in [5.41, 5.74) is 5.10. The molecule has 0 heteroatoms. The minimum absolute atomic E-state index is 0.401. The van der Waals surface area contributed by atoms with Crippen LogP contribution in [-0.4, -0.2) is 0 Å². The number of aryl methyl sites for hydroxylation is 1. The Hall–Kier alpha value is -0.780. The molecule has 0 fully saturated rings. The second-order valence-corrected chi connectivity index (χ2v) is 6.21. The minimum Gasteiger partial charge on any atom is -0.0599 e. The van der Waals surface area contributed by atoms with Gasteiger partial charge in [-0.05, 0) is 47.3 Å². The molecular formula is C15H22. The summed E-state index contributed by atoms with van der Waals surface area (Å²) in [5, 5.41) is 0. The summed E-state index contributed by atoms with van der Waals surface area (Å²) in [5.74, 6) is 0.781. The van der Waals surface area contributed by atoms with Crippen LogP contribution >= 0.6 is 0 Å². The topological polar surface area (TPSA) is 0 Å². The molecule has 1 unspecified atom stereocenters. The summed E-state index contributed by atoms with van der Waals surface area (Å²) in [7, 11) is 0. The van der Waals surface area contributed by atoms with Gasteiger partial charge < -0.3 is 0 Å². The van der Waals surface area contributed by atoms with Gasteiger partial charge >= 0.3 is 0 Å². The number of rotatable bonds is 1. The first kappa shape index (κ1) is 10.7. The van der Waals surface area contributed by atoms with E-state index in [1.54, 1.807) is 11.1 Å². The van der Waals surface area contributed by atoms with Crippen molar-refractivity contribution >= 4 is 0 Å². The molecule has 0 saturated heterocycles. The van der Waals surface area contributed by atoms with E-state index in [0.29, 0.717) is 5.41 Å². The molecule has 0 nitrogen and oxygen atoms in total. The van der Waals surface area contributed by atoms with Crippen molar-refractivity contribution in [2.24, 2.45) is 5.41 Å². The molecule has 2 rings (SSSR count). The summed E-state index contributed by atoms with van der Waals surface area (Å²) in [4.78, 5) is 0. The van der Waals surface area contributed by atoms with Crippen LogP contribution in [0.4, 0.5) is 0 Å². The minimum atomic E-state index is 0.401. The van der Waals surface area contributed by atoms with Gasteiger partial charge in [-0.1, -0.05) is 45.9 Å². The number of hydrogen-bond acceptors (Lipinski definition) is 0. The first-order chi connectivity index (χ1) is 6.96. The normalized spacial score (nSPS) is 20.4. The molecule has 0 amide bonds. The van der Waals surface area contributed by atoms with E-state index in [-0.39, 0.29) is 0 Å². The fraction of sp³-hybridized carbons (Fsp3) is 0.600. The maximum Gasteiger partial charge on any atom is -0.0184 e. The van der Waals surface area contributed by atoms with Crippen LogP contribution in [0.1, 0.15) is 56.7 Å². The van der Waals surface area contributed by atoms with Crippen molar-refractivity contribution in [1.82, 2.24) is 0 Å². The lowest BCUT2D eigenvalue weighted by atomic mass is 9.87. The standard InChI is InChI=1S/C15H22/c1-11-5-7-13-9-12(6-8-14(11)13)10-15(2,3)4/h6,8-9,11H,5,7,10H2,1-4H3. The largest absolute Gasteiger partial charge is 0.0599 e. The van der Waals surface area contributed by atoms with Gasteiger partial charge in [0.25, 0.3) is 0 Å². The van der Waals surface area contributed by atoms with Gasteiger partial charge in [0.1, 0.15) is 0 Å². The molecule has 0 bridgehead atoms. The molecule has 1 aromatic carbocycles. The molecule has 0 aromatic heterocycles. The number of fused-ring (bicyclic) bond motifs is 1. The average molecular weight is 202 g/mol. The highest BCUT2D eigenvalue weighted by atomic mass is 14.2. The van der Waals surface area contributed by atoms with Crippen molar-refractivity contribution in [3.05, 3.63) is 34.9 Å². The Balaban J connectivity index is 2.24. The van der Waals surface area contributed by atoms with E-state index in [2.05, 4.69) is 45.9 Å². The number of benzene rings is 1. The Bertz CT molecular complexity index is 355. The van der Waals surface area contributed by atoms with Gasteiger partial charge in [0.2, 0.25) is 0 Å². The molecule has 0 saturated carbocycles. The summed E-state index contributed by atoms with van der Waals surface area (Å²) >= 11 is 0. The van der Waals surface area contributed by atoms with E-state index in [0.717, 1.165) is 5.92 Å². The molecular weight excluding hydrogens is 180 g/mol. The molecule has 1 aromatic rings. The van der Waals surface area contributed by atoms with Crippen molar-refractivity contribution in [2.45, 2.75) is 52.9 Å². The zero-order chi connectivity index (χ0) is 11.1. The van der Waals surface area contributed by atoms with E-state index < -0.39 is 0 Å². The van der Waals surface area contributed by atoms with Crippen molar-refractivity contribution in [2.75, 3.05) is 0 Å². The third-order valence-electron chi connectivity index (χ3n) is 3.32. The Morgan fingerprint density at radius 2 is 2.00 bits per heavy atom. The second-order valence-electron chi connectivity index (χ2n) is 6.21. The van der Waals surface area contributed by atoms with E-state index in [1.807, 2.05) is 0 Å². The molecule has 82 valence electrons. The molecule has 0 spiro atoms. The Morgan fingerprint density at radius 3 is 2.67 bits per heavy atom. The van der Waals surface area contributed by atoms with E-state index in [9.17, 15) is 0 Å². The van der Waals surface area contributed by atoms with Crippen molar-refractivity contribution in [3.63, 3.8) is 0 Å². The molecule has 1 aliphatic carbocycles. The predicted octanol–water partition coefficient (Wildman–Crippen LogP) is 4.32. The lowest BCUT2D eigenvalue weighted by Crippen LogP contribution is -2.09. The summed E-state index contributed by atoms with van der Waals surface area (Å²) < 4.78 is 0. The van der Waals surface area contributed by atoms with Crippen molar-refractivity contribution in [1.29, 1.82) is 0 Å². The molecule has 0 heterocycles. The van der Waals surface area contributed by atoms with Gasteiger partial charge in [0, 0.05) is 0 Å². The molecule has 0 aliphatic heterocycles. The van der Waals surface area contributed by atoms with Gasteiger partial charge in [-0.3, -0.25) is 0 Å². The van der Waals surface area contributed by atoms with E-state index in [1.165, 1.54) is 24.8 Å². The third-order valence-corrected chi connectivity index (χ3v) is 3.32. The van der Waals surface area contributed by atoms with Gasteiger partial charge in [0.15, 0.2) is 0 Å². The highest BCUT2D eigenvalue weighted by Crippen LogP contribution is 2.34. The Morgan fingerprint density at radius 1 is 1.27 bits per heavy atom. The van der Waals surface area contributed by atoms with E-state index >= 15 is 0 Å². The Kier molecular flexibility index (Phi) is 2.62. The zero-order valence-corrected chi connectivity index (χ0v) is 10.4. The first-order valence-electron chi connectivity index (χ1n) is 6.07. The van der Waals surface area contributed by atoms with Crippen LogP contribution in [0.15, 0.2) is 18.2 Å². The van der Waals surface area contributed by atoms with Crippen LogP contribution in [-0.2, 0) is 12.8 Å². The smallest absolute Gasteiger partial charge is 0.0184 e. The number of hydrogen-bond donors (Lipinski definition) is 0. The monoisotopic (exact) mass is 202 g/mol. The van der Waals surface area contributed by atoms with Crippen LogP contribution in [0.25, 0.3) is 0 Å². The maximum atomic E-state index is 2.43. The molecule has 1 aliphatic rings. The average Bonchev–Trinajstić information content (AvgIpc) is 2.45. The molecule has 1 atom stereocenters. The Labute approximate surface area is 93.7 Å². The quantitative estimate of drug-likeness (QED) is 0.636.